The molecule has 132 valence electrons. The molecule has 0 nitrogen and oxygen atoms in total. The van der Waals surface area contributed by atoms with Crippen LogP contribution in [0.4, 0.5) is 0 Å². The minimum atomic E-state index is 0.426. The summed E-state index contributed by atoms with van der Waals surface area (Å²) >= 11 is 5.84. The van der Waals surface area contributed by atoms with Gasteiger partial charge in [-0.3, -0.25) is 0 Å². The lowest BCUT2D eigenvalue weighted by molar-refractivity contribution is 0.261. The summed E-state index contributed by atoms with van der Waals surface area (Å²) in [6.07, 6.45) is 11.7. The number of hydrogen-bond donors (Lipinski definition) is 0. The van der Waals surface area contributed by atoms with Gasteiger partial charge in [-0.15, -0.1) is 0 Å². The first-order valence-corrected chi connectivity index (χ1v) is 9.75. The lowest BCUT2D eigenvalue weighted by Crippen LogP contribution is -2.28. The first-order chi connectivity index (χ1) is 12.1. The van der Waals surface area contributed by atoms with E-state index in [0.29, 0.717) is 11.8 Å². The van der Waals surface area contributed by atoms with E-state index in [1.165, 1.54) is 36.8 Å². The Morgan fingerprint density at radius 3 is 2.40 bits per heavy atom. The van der Waals surface area contributed by atoms with Crippen LogP contribution in [0.25, 0.3) is 5.57 Å². The van der Waals surface area contributed by atoms with E-state index in [1.807, 2.05) is 12.2 Å². The summed E-state index contributed by atoms with van der Waals surface area (Å²) in [5.74, 6) is 1.65. The second kappa shape index (κ2) is 9.68. The number of benzene rings is 1. The van der Waals surface area contributed by atoms with Gasteiger partial charge in [0.05, 0.1) is 0 Å². The summed E-state index contributed by atoms with van der Waals surface area (Å²) in [7, 11) is 0. The maximum absolute atomic E-state index is 5.84. The van der Waals surface area contributed by atoms with Crippen molar-refractivity contribution in [2.45, 2.75) is 39.0 Å². The Morgan fingerprint density at radius 2 is 1.80 bits per heavy atom. The minimum Gasteiger partial charge on any atom is -0.0990 e. The summed E-state index contributed by atoms with van der Waals surface area (Å²) in [4.78, 5) is 1.04. The van der Waals surface area contributed by atoms with Gasteiger partial charge in [-0.2, -0.15) is 0 Å². The van der Waals surface area contributed by atoms with Crippen molar-refractivity contribution < 1.29 is 0 Å². The molecule has 0 radical (unpaired) electrons. The van der Waals surface area contributed by atoms with E-state index in [-0.39, 0.29) is 0 Å². The average Bonchev–Trinajstić information content (AvgIpc) is 2.65. The van der Waals surface area contributed by atoms with E-state index in [4.69, 9.17) is 12.2 Å². The number of allylic oxidation sites excluding steroid dienone is 5. The highest BCUT2D eigenvalue weighted by Gasteiger charge is 2.32. The van der Waals surface area contributed by atoms with Crippen molar-refractivity contribution in [3.05, 3.63) is 79.4 Å². The van der Waals surface area contributed by atoms with Crippen LogP contribution in [-0.2, 0) is 0 Å². The van der Waals surface area contributed by atoms with Gasteiger partial charge in [0.25, 0.3) is 0 Å². The van der Waals surface area contributed by atoms with Crippen molar-refractivity contribution in [3.8, 4) is 0 Å². The highest BCUT2D eigenvalue weighted by atomic mass is 32.1. The molecule has 0 bridgehead atoms. The Morgan fingerprint density at radius 1 is 1.12 bits per heavy atom. The molecule has 1 heteroatoms. The van der Waals surface area contributed by atoms with Crippen LogP contribution in [0.2, 0.25) is 0 Å². The van der Waals surface area contributed by atoms with Gasteiger partial charge in [-0.1, -0.05) is 100 Å². The van der Waals surface area contributed by atoms with Crippen LogP contribution >= 0.6 is 12.2 Å². The molecule has 0 heterocycles. The predicted molar refractivity (Wildman–Crippen MR) is 116 cm³/mol. The van der Waals surface area contributed by atoms with Gasteiger partial charge >= 0.3 is 0 Å². The SMILES string of the molecule is C=C/C=C(\C=C)C(=S)C1CC(CCC)C[C@H](C(=C)c2ccccc2)C1. The topological polar surface area (TPSA) is 0 Å². The van der Waals surface area contributed by atoms with Gasteiger partial charge < -0.3 is 0 Å². The molecule has 25 heavy (non-hydrogen) atoms. The predicted octanol–water partition coefficient (Wildman–Crippen LogP) is 7.20. The van der Waals surface area contributed by atoms with Crippen LogP contribution in [0.1, 0.15) is 44.6 Å². The maximum Gasteiger partial charge on any atom is 0.0255 e. The first-order valence-electron chi connectivity index (χ1n) is 9.34. The zero-order valence-corrected chi connectivity index (χ0v) is 16.2. The van der Waals surface area contributed by atoms with E-state index in [1.54, 1.807) is 6.08 Å². The van der Waals surface area contributed by atoms with Gasteiger partial charge in [0.2, 0.25) is 0 Å². The minimum absolute atomic E-state index is 0.426. The standard InChI is InChI=1S/C24H30S/c1-5-11-19-15-22(18(4)21-13-9-8-10-14-21)17-23(16-19)24(25)20(7-3)12-6-2/h6-10,12-14,19,22-23H,2-5,11,15-17H2,1H3/b20-12+/t19?,22-,23?/m0/s1. The van der Waals surface area contributed by atoms with Crippen LogP contribution in [0.3, 0.4) is 0 Å². The Bertz CT molecular complexity index is 650. The molecular weight excluding hydrogens is 320 g/mol. The summed E-state index contributed by atoms with van der Waals surface area (Å²) < 4.78 is 0. The lowest BCUT2D eigenvalue weighted by atomic mass is 9.69. The number of hydrogen-bond acceptors (Lipinski definition) is 1. The molecule has 0 amide bonds. The van der Waals surface area contributed by atoms with Crippen LogP contribution in [0, 0.1) is 17.8 Å². The fraction of sp³-hybridized carbons (Fsp3) is 0.375. The molecule has 0 N–H and O–H groups in total. The summed E-state index contributed by atoms with van der Waals surface area (Å²) in [6, 6.07) is 10.6. The quantitative estimate of drug-likeness (QED) is 0.271. The maximum atomic E-state index is 5.84. The van der Waals surface area contributed by atoms with Crippen molar-refractivity contribution in [2.24, 2.45) is 17.8 Å². The first kappa shape index (κ1) is 19.6. The Labute approximate surface area is 159 Å². The van der Waals surface area contributed by atoms with Crippen LogP contribution in [0.5, 0.6) is 0 Å². The summed E-state index contributed by atoms with van der Waals surface area (Å²) in [6.45, 7) is 14.5. The molecule has 0 saturated heterocycles. The van der Waals surface area contributed by atoms with E-state index in [9.17, 15) is 0 Å². The second-order valence-electron chi connectivity index (χ2n) is 7.07. The lowest BCUT2D eigenvalue weighted by Gasteiger charge is -2.37. The van der Waals surface area contributed by atoms with E-state index >= 15 is 0 Å². The van der Waals surface area contributed by atoms with Crippen LogP contribution < -0.4 is 0 Å². The van der Waals surface area contributed by atoms with Gasteiger partial charge in [0, 0.05) is 4.86 Å². The highest BCUT2D eigenvalue weighted by Crippen LogP contribution is 2.43. The van der Waals surface area contributed by atoms with E-state index < -0.39 is 0 Å². The van der Waals surface area contributed by atoms with Gasteiger partial charge in [-0.05, 0) is 53.7 Å². The molecule has 1 aliphatic rings. The van der Waals surface area contributed by atoms with Crippen molar-refractivity contribution >= 4 is 22.7 Å². The largest absolute Gasteiger partial charge is 0.0990 e. The molecule has 0 spiro atoms. The average molecular weight is 351 g/mol. The smallest absolute Gasteiger partial charge is 0.0255 e. The Kier molecular flexibility index (Phi) is 7.58. The Hall–Kier alpha value is -1.73. The van der Waals surface area contributed by atoms with Crippen molar-refractivity contribution in [3.63, 3.8) is 0 Å². The number of rotatable bonds is 8. The molecule has 1 fully saturated rings. The van der Waals surface area contributed by atoms with Crippen molar-refractivity contribution in [1.29, 1.82) is 0 Å². The molecule has 0 aliphatic heterocycles. The normalized spacial score (nSPS) is 23.7. The zero-order valence-electron chi connectivity index (χ0n) is 15.4. The highest BCUT2D eigenvalue weighted by molar-refractivity contribution is 7.80. The molecular formula is C24H30S. The monoisotopic (exact) mass is 350 g/mol. The fourth-order valence-electron chi connectivity index (χ4n) is 4.08. The molecule has 0 aromatic heterocycles. The third-order valence-corrected chi connectivity index (χ3v) is 5.88. The molecule has 2 unspecified atom stereocenters. The summed E-state index contributed by atoms with van der Waals surface area (Å²) in [5.41, 5.74) is 3.58. The van der Waals surface area contributed by atoms with Crippen LogP contribution in [0.15, 0.2) is 73.9 Å². The molecule has 1 aliphatic carbocycles. The van der Waals surface area contributed by atoms with Gasteiger partial charge in [0.1, 0.15) is 0 Å². The fourth-order valence-corrected chi connectivity index (χ4v) is 4.42. The van der Waals surface area contributed by atoms with Crippen LogP contribution in [-0.4, -0.2) is 4.86 Å². The molecule has 1 saturated carbocycles. The van der Waals surface area contributed by atoms with E-state index in [2.05, 4.69) is 57.0 Å². The third-order valence-electron chi connectivity index (χ3n) is 5.31. The van der Waals surface area contributed by atoms with Crippen molar-refractivity contribution in [2.75, 3.05) is 0 Å². The Balaban J connectivity index is 2.22. The van der Waals surface area contributed by atoms with Gasteiger partial charge in [0.15, 0.2) is 0 Å². The molecule has 2 rings (SSSR count). The summed E-state index contributed by atoms with van der Waals surface area (Å²) in [5, 5.41) is 0. The molecule has 3 atom stereocenters. The van der Waals surface area contributed by atoms with Crippen molar-refractivity contribution in [1.82, 2.24) is 0 Å². The third kappa shape index (κ3) is 5.12. The molecule has 1 aromatic rings. The number of thiocarbonyl (C=S) groups is 1. The van der Waals surface area contributed by atoms with E-state index in [0.717, 1.165) is 22.8 Å². The van der Waals surface area contributed by atoms with Gasteiger partial charge in [-0.25, -0.2) is 0 Å². The molecule has 1 aromatic carbocycles. The second-order valence-corrected chi connectivity index (χ2v) is 7.51. The zero-order chi connectivity index (χ0) is 18.2.